The average molecular weight is 867 g/mol. The summed E-state index contributed by atoms with van der Waals surface area (Å²) in [6.07, 6.45) is 0.294. The molecule has 0 saturated heterocycles. The molecule has 3 aromatic carbocycles. The molecule has 0 spiro atoms. The minimum absolute atomic E-state index is 0.0244. The van der Waals surface area contributed by atoms with Crippen molar-refractivity contribution in [3.63, 3.8) is 0 Å². The number of ketones is 2. The van der Waals surface area contributed by atoms with Crippen LogP contribution in [-0.4, -0.2) is 93.6 Å². The zero-order valence-corrected chi connectivity index (χ0v) is 36.7. The number of nitrogens with one attached hydrogen (secondary N) is 3. The van der Waals surface area contributed by atoms with E-state index in [2.05, 4.69) is 16.0 Å². The van der Waals surface area contributed by atoms with Gasteiger partial charge in [0.2, 0.25) is 11.8 Å². The summed E-state index contributed by atoms with van der Waals surface area (Å²) in [4.78, 5) is 109. The van der Waals surface area contributed by atoms with E-state index in [-0.39, 0.29) is 50.0 Å². The number of carbonyl (C=O) groups is 8. The van der Waals surface area contributed by atoms with Crippen LogP contribution in [0.5, 0.6) is 0 Å². The van der Waals surface area contributed by atoms with Crippen molar-refractivity contribution in [1.29, 1.82) is 0 Å². The molecule has 0 saturated carbocycles. The molecule has 0 aromatic heterocycles. The lowest BCUT2D eigenvalue weighted by molar-refractivity contribution is -0.153. The highest BCUT2D eigenvalue weighted by Gasteiger charge is 2.50. The maximum Gasteiger partial charge on any atom is 0.339 e. The Labute approximate surface area is 367 Å². The number of fused-ring (bicyclic) bond motifs is 2. The number of aryl methyl sites for hydroxylation is 3. The summed E-state index contributed by atoms with van der Waals surface area (Å²) in [5.41, 5.74) is 3.67. The van der Waals surface area contributed by atoms with Crippen molar-refractivity contribution in [3.8, 4) is 0 Å². The van der Waals surface area contributed by atoms with E-state index in [0.717, 1.165) is 22.4 Å². The normalized spacial score (nSPS) is 17.9. The van der Waals surface area contributed by atoms with Gasteiger partial charge in [0.25, 0.3) is 5.91 Å². The number of Topliss-reactive ketones (excluding diaryl/α,β-unsaturated/α-hetero) is 2. The number of nitrogens with zero attached hydrogens (tertiary/aromatic N) is 1. The van der Waals surface area contributed by atoms with Crippen molar-refractivity contribution >= 4 is 52.9 Å². The molecule has 15 nitrogen and oxygen atoms in total. The number of anilines is 1. The molecule has 1 unspecified atom stereocenters. The van der Waals surface area contributed by atoms with E-state index >= 15 is 0 Å². The van der Waals surface area contributed by atoms with Gasteiger partial charge in [-0.25, -0.2) is 4.79 Å². The van der Waals surface area contributed by atoms with Gasteiger partial charge in [0, 0.05) is 37.4 Å². The second-order valence-corrected chi connectivity index (χ2v) is 17.2. The molecule has 0 aliphatic carbocycles. The molecule has 0 bridgehead atoms. The molecule has 0 radical (unpaired) electrons. The fourth-order valence-electron chi connectivity index (χ4n) is 8.59. The molecule has 2 heterocycles. The second-order valence-electron chi connectivity index (χ2n) is 17.2. The lowest BCUT2D eigenvalue weighted by Gasteiger charge is -2.47. The summed E-state index contributed by atoms with van der Waals surface area (Å²) in [5.74, 6) is -7.51. The predicted molar refractivity (Wildman–Crippen MR) is 233 cm³/mol. The van der Waals surface area contributed by atoms with E-state index in [1.165, 1.54) is 11.8 Å². The Bertz CT molecular complexity index is 2230. The summed E-state index contributed by atoms with van der Waals surface area (Å²) < 4.78 is 5.33. The molecule has 15 heteroatoms. The molecule has 5 rings (SSSR count). The van der Waals surface area contributed by atoms with Crippen LogP contribution in [0.1, 0.15) is 103 Å². The number of benzene rings is 3. The van der Waals surface area contributed by atoms with Crippen molar-refractivity contribution in [2.45, 2.75) is 117 Å². The summed E-state index contributed by atoms with van der Waals surface area (Å²) >= 11 is 0. The summed E-state index contributed by atoms with van der Waals surface area (Å²) in [6.45, 7) is 9.47. The first kappa shape index (κ1) is 47.7. The van der Waals surface area contributed by atoms with E-state index in [1.54, 1.807) is 58.0 Å². The van der Waals surface area contributed by atoms with Gasteiger partial charge in [-0.15, -0.1) is 0 Å². The molecule has 5 atom stereocenters. The van der Waals surface area contributed by atoms with Crippen LogP contribution in [0.4, 0.5) is 5.69 Å². The number of para-hydroxylation sites is 1. The van der Waals surface area contributed by atoms with Crippen LogP contribution in [0.3, 0.4) is 0 Å². The van der Waals surface area contributed by atoms with Crippen LogP contribution in [0.2, 0.25) is 0 Å². The van der Waals surface area contributed by atoms with Crippen molar-refractivity contribution in [1.82, 2.24) is 15.5 Å². The van der Waals surface area contributed by atoms with E-state index < -0.39 is 89.9 Å². The number of carbonyl (C=O) groups excluding carboxylic acids is 6. The topological polar surface area (TPSA) is 226 Å². The molecular weight excluding hydrogens is 809 g/mol. The molecule has 2 aliphatic rings. The molecule has 2 aliphatic heterocycles. The van der Waals surface area contributed by atoms with Gasteiger partial charge < -0.3 is 35.8 Å². The van der Waals surface area contributed by atoms with Crippen LogP contribution >= 0.6 is 0 Å². The van der Waals surface area contributed by atoms with Gasteiger partial charge in [0.15, 0.2) is 18.2 Å². The second kappa shape index (κ2) is 20.7. The number of hydrogen-bond donors (Lipinski definition) is 5. The Morgan fingerprint density at radius 2 is 1.56 bits per heavy atom. The van der Waals surface area contributed by atoms with Crippen LogP contribution < -0.4 is 16.0 Å². The van der Waals surface area contributed by atoms with Gasteiger partial charge in [-0.1, -0.05) is 74.0 Å². The fraction of sp³-hybridized carbons (Fsp3) is 0.458. The molecule has 63 heavy (non-hydrogen) atoms. The number of carboxylic acids is 2. The average Bonchev–Trinajstić information content (AvgIpc) is 3.67. The van der Waals surface area contributed by atoms with E-state index in [0.29, 0.717) is 29.5 Å². The van der Waals surface area contributed by atoms with Crippen molar-refractivity contribution in [2.75, 3.05) is 18.5 Å². The Hall–Kier alpha value is -6.38. The maximum atomic E-state index is 14.9. The van der Waals surface area contributed by atoms with Crippen LogP contribution in [-0.2, 0) is 56.7 Å². The quantitative estimate of drug-likeness (QED) is 0.0947. The zero-order chi connectivity index (χ0) is 46.2. The molecule has 0 fully saturated rings. The summed E-state index contributed by atoms with van der Waals surface area (Å²) in [5, 5.41) is 27.9. The maximum absolute atomic E-state index is 14.9. The Balaban J connectivity index is 1.37. The monoisotopic (exact) mass is 866 g/mol. The van der Waals surface area contributed by atoms with Gasteiger partial charge in [-0.2, -0.15) is 0 Å². The number of aliphatic carboxylic acids is 2. The SMILES string of the molecule is Cc1ccc2c(c1)CCN(C(=O)[C@@H](NC(=O)[C@H](CCCC(=O)O)CCC(=O)C1Cc3ccccc3N1)C(C)C)[C@@]2(C)C(=O)N[C@@H](CC(=O)O)C(=O)COC(=O)c1c(C)cccc1C. The standard InChI is InChI=1S/C48H58N4O11/c1-27(2)43(51-44(59)31(14-10-16-40(55)56)18-20-38(53)36-24-33-13-7-8-15-35(33)49-36)45(60)52-22-21-32-23-28(3)17-19-34(32)48(52,6)47(62)50-37(25-41(57)58)39(54)26-63-46(61)42-29(4)11-9-12-30(42)5/h7-9,11-13,15,17,19,23,27,31,36-37,43,49H,10,14,16,18,20-22,24-26H2,1-6H3,(H,50,62)(H,51,59)(H,55,56)(H,57,58)/t31-,36?,37+,43+,48-/m1/s1. The first-order valence-electron chi connectivity index (χ1n) is 21.4. The number of rotatable bonds is 20. The number of ether oxygens (including phenoxy) is 1. The Kier molecular flexibility index (Phi) is 15.6. The summed E-state index contributed by atoms with van der Waals surface area (Å²) in [7, 11) is 0. The smallest absolute Gasteiger partial charge is 0.339 e. The van der Waals surface area contributed by atoms with Gasteiger partial charge in [0.05, 0.1) is 18.0 Å². The van der Waals surface area contributed by atoms with E-state index in [9.17, 15) is 48.6 Å². The largest absolute Gasteiger partial charge is 0.481 e. The third-order valence-electron chi connectivity index (χ3n) is 12.2. The first-order valence-corrected chi connectivity index (χ1v) is 21.4. The van der Waals surface area contributed by atoms with E-state index in [4.69, 9.17) is 4.74 Å². The lowest BCUT2D eigenvalue weighted by Crippen LogP contribution is -2.65. The number of carboxylic acid groups (broad SMARTS) is 2. The Morgan fingerprint density at radius 3 is 2.21 bits per heavy atom. The van der Waals surface area contributed by atoms with Crippen molar-refractivity contribution < 1.29 is 53.3 Å². The molecule has 336 valence electrons. The molecule has 3 amide bonds. The summed E-state index contributed by atoms with van der Waals surface area (Å²) in [6, 6.07) is 14.9. The minimum atomic E-state index is -1.82. The molecular formula is C48H58N4O11. The van der Waals surface area contributed by atoms with Crippen molar-refractivity contribution in [2.24, 2.45) is 11.8 Å². The third kappa shape index (κ3) is 11.4. The zero-order valence-electron chi connectivity index (χ0n) is 36.7. The lowest BCUT2D eigenvalue weighted by atomic mass is 9.79. The first-order chi connectivity index (χ1) is 29.8. The van der Waals surface area contributed by atoms with Crippen LogP contribution in [0.25, 0.3) is 0 Å². The number of hydrogen-bond acceptors (Lipinski definition) is 10. The fourth-order valence-corrected chi connectivity index (χ4v) is 8.59. The number of amides is 3. The minimum Gasteiger partial charge on any atom is -0.481 e. The molecule has 3 aromatic rings. The highest BCUT2D eigenvalue weighted by molar-refractivity contribution is 6.00. The van der Waals surface area contributed by atoms with E-state index in [1.807, 2.05) is 37.3 Å². The highest BCUT2D eigenvalue weighted by Crippen LogP contribution is 2.38. The van der Waals surface area contributed by atoms with Gasteiger partial charge in [0.1, 0.15) is 17.6 Å². The number of esters is 1. The predicted octanol–water partition coefficient (Wildman–Crippen LogP) is 5.00. The highest BCUT2D eigenvalue weighted by atomic mass is 16.5. The van der Waals surface area contributed by atoms with Gasteiger partial charge >= 0.3 is 17.9 Å². The van der Waals surface area contributed by atoms with Gasteiger partial charge in [-0.05, 0) is 93.2 Å². The van der Waals surface area contributed by atoms with Gasteiger partial charge in [-0.3, -0.25) is 33.6 Å². The van der Waals surface area contributed by atoms with Crippen LogP contribution in [0, 0.1) is 32.6 Å². The molecule has 5 N–H and O–H groups in total. The third-order valence-corrected chi connectivity index (χ3v) is 12.2. The Morgan fingerprint density at radius 1 is 0.857 bits per heavy atom. The van der Waals surface area contributed by atoms with Crippen molar-refractivity contribution in [3.05, 3.63) is 99.6 Å². The van der Waals surface area contributed by atoms with Crippen LogP contribution in [0.15, 0.2) is 60.7 Å².